The van der Waals surface area contributed by atoms with Crippen molar-refractivity contribution >= 4 is 11.9 Å². The van der Waals surface area contributed by atoms with Crippen LogP contribution in [0.4, 0.5) is 4.79 Å². The normalized spacial score (nSPS) is 20.5. The standard InChI is InChI=1S/C18H23N3O2/c1-3-4-5-6-11-18(2)16(22)21(17(23)20-18)13-15-9-7-14(12-19)8-10-15/h7-10H,3-6,11,13H2,1-2H3,(H,20,23)/t18-/m1/s1. The van der Waals surface area contributed by atoms with Crippen molar-refractivity contribution in [1.29, 1.82) is 5.26 Å². The number of rotatable bonds is 7. The van der Waals surface area contributed by atoms with Gasteiger partial charge in [-0.05, 0) is 31.0 Å². The molecule has 1 heterocycles. The average molecular weight is 313 g/mol. The molecule has 1 saturated heterocycles. The summed E-state index contributed by atoms with van der Waals surface area (Å²) in [6.45, 7) is 4.18. The maximum atomic E-state index is 12.6. The van der Waals surface area contributed by atoms with Crippen LogP contribution in [0.3, 0.4) is 0 Å². The topological polar surface area (TPSA) is 73.2 Å². The number of carbonyl (C=O) groups is 2. The molecule has 1 aliphatic heterocycles. The maximum Gasteiger partial charge on any atom is 0.325 e. The van der Waals surface area contributed by atoms with Crippen molar-refractivity contribution in [2.45, 2.75) is 58.0 Å². The number of carbonyl (C=O) groups excluding carboxylic acids is 2. The van der Waals surface area contributed by atoms with Gasteiger partial charge in [0.1, 0.15) is 5.54 Å². The number of amides is 3. The zero-order valence-corrected chi connectivity index (χ0v) is 13.8. The van der Waals surface area contributed by atoms with E-state index >= 15 is 0 Å². The number of urea groups is 1. The molecule has 5 nitrogen and oxygen atoms in total. The fourth-order valence-corrected chi connectivity index (χ4v) is 2.83. The molecular weight excluding hydrogens is 290 g/mol. The lowest BCUT2D eigenvalue weighted by molar-refractivity contribution is -0.131. The Kier molecular flexibility index (Phi) is 5.38. The Hall–Kier alpha value is -2.35. The Bertz CT molecular complexity index is 618. The minimum Gasteiger partial charge on any atom is -0.323 e. The highest BCUT2D eigenvalue weighted by atomic mass is 16.2. The number of benzene rings is 1. The van der Waals surface area contributed by atoms with Gasteiger partial charge in [0.15, 0.2) is 0 Å². The highest BCUT2D eigenvalue weighted by Gasteiger charge is 2.46. The monoisotopic (exact) mass is 313 g/mol. The molecule has 0 saturated carbocycles. The molecular formula is C18H23N3O2. The maximum absolute atomic E-state index is 12.6. The predicted octanol–water partition coefficient (Wildman–Crippen LogP) is 3.34. The van der Waals surface area contributed by atoms with E-state index in [-0.39, 0.29) is 18.5 Å². The summed E-state index contributed by atoms with van der Waals surface area (Å²) in [6, 6.07) is 8.65. The van der Waals surface area contributed by atoms with E-state index in [9.17, 15) is 9.59 Å². The molecule has 0 unspecified atom stereocenters. The number of nitrogens with one attached hydrogen (secondary N) is 1. The largest absolute Gasteiger partial charge is 0.325 e. The molecule has 122 valence electrons. The Labute approximate surface area is 137 Å². The van der Waals surface area contributed by atoms with Gasteiger partial charge in [0.05, 0.1) is 18.2 Å². The molecule has 2 rings (SSSR count). The first-order valence-corrected chi connectivity index (χ1v) is 8.13. The molecule has 23 heavy (non-hydrogen) atoms. The van der Waals surface area contributed by atoms with Crippen LogP contribution in [0.2, 0.25) is 0 Å². The lowest BCUT2D eigenvalue weighted by atomic mass is 9.94. The second-order valence-corrected chi connectivity index (χ2v) is 6.27. The van der Waals surface area contributed by atoms with Crippen LogP contribution in [0.1, 0.15) is 57.1 Å². The van der Waals surface area contributed by atoms with Crippen molar-refractivity contribution in [3.63, 3.8) is 0 Å². The Morgan fingerprint density at radius 1 is 1.17 bits per heavy atom. The number of unbranched alkanes of at least 4 members (excludes halogenated alkanes) is 3. The third-order valence-corrected chi connectivity index (χ3v) is 4.30. The molecule has 5 heteroatoms. The lowest BCUT2D eigenvalue weighted by Crippen LogP contribution is -2.43. The molecule has 3 amide bonds. The van der Waals surface area contributed by atoms with Crippen LogP contribution < -0.4 is 5.32 Å². The van der Waals surface area contributed by atoms with E-state index in [2.05, 4.69) is 18.3 Å². The Morgan fingerprint density at radius 3 is 2.48 bits per heavy atom. The minimum absolute atomic E-state index is 0.164. The Morgan fingerprint density at radius 2 is 1.87 bits per heavy atom. The van der Waals surface area contributed by atoms with E-state index < -0.39 is 5.54 Å². The summed E-state index contributed by atoms with van der Waals surface area (Å²) in [7, 11) is 0. The first-order chi connectivity index (χ1) is 11.0. The SMILES string of the molecule is CCCCCC[C@@]1(C)NC(=O)N(Cc2ccc(C#N)cc2)C1=O. The van der Waals surface area contributed by atoms with Gasteiger partial charge in [0.2, 0.25) is 0 Å². The smallest absolute Gasteiger partial charge is 0.323 e. The van der Waals surface area contributed by atoms with Gasteiger partial charge in [-0.2, -0.15) is 5.26 Å². The van der Waals surface area contributed by atoms with E-state index in [0.29, 0.717) is 12.0 Å². The molecule has 1 fully saturated rings. The van der Waals surface area contributed by atoms with Gasteiger partial charge in [-0.3, -0.25) is 9.69 Å². The van der Waals surface area contributed by atoms with E-state index in [0.717, 1.165) is 31.2 Å². The molecule has 0 bridgehead atoms. The summed E-state index contributed by atoms with van der Waals surface area (Å²) in [4.78, 5) is 26.0. The quantitative estimate of drug-likeness (QED) is 0.620. The third kappa shape index (κ3) is 3.89. The molecule has 1 aromatic carbocycles. The summed E-state index contributed by atoms with van der Waals surface area (Å²) < 4.78 is 0. The number of hydrogen-bond acceptors (Lipinski definition) is 3. The van der Waals surface area contributed by atoms with Gasteiger partial charge in [0.25, 0.3) is 5.91 Å². The fraction of sp³-hybridized carbons (Fsp3) is 0.500. The number of hydrogen-bond donors (Lipinski definition) is 1. The van der Waals surface area contributed by atoms with Gasteiger partial charge in [-0.25, -0.2) is 4.79 Å². The van der Waals surface area contributed by atoms with Gasteiger partial charge in [-0.15, -0.1) is 0 Å². The van der Waals surface area contributed by atoms with Crippen LogP contribution >= 0.6 is 0 Å². The highest BCUT2D eigenvalue weighted by Crippen LogP contribution is 2.25. The van der Waals surface area contributed by atoms with E-state index in [1.54, 1.807) is 31.2 Å². The summed E-state index contributed by atoms with van der Waals surface area (Å²) in [5, 5.41) is 11.6. The molecule has 1 atom stereocenters. The number of nitriles is 1. The number of nitrogens with zero attached hydrogens (tertiary/aromatic N) is 2. The van der Waals surface area contributed by atoms with Crippen molar-refractivity contribution < 1.29 is 9.59 Å². The fourth-order valence-electron chi connectivity index (χ4n) is 2.83. The molecule has 0 radical (unpaired) electrons. The van der Waals surface area contributed by atoms with Crippen LogP contribution in [0.25, 0.3) is 0 Å². The zero-order valence-electron chi connectivity index (χ0n) is 13.8. The third-order valence-electron chi connectivity index (χ3n) is 4.30. The van der Waals surface area contributed by atoms with Crippen LogP contribution in [0.15, 0.2) is 24.3 Å². The number of imide groups is 1. The molecule has 1 aromatic rings. The molecule has 0 aliphatic carbocycles. The van der Waals surface area contributed by atoms with Gasteiger partial charge >= 0.3 is 6.03 Å². The summed E-state index contributed by atoms with van der Waals surface area (Å²) in [5.74, 6) is -0.164. The van der Waals surface area contributed by atoms with E-state index in [1.807, 2.05) is 0 Å². The Balaban J connectivity index is 2.01. The summed E-state index contributed by atoms with van der Waals surface area (Å²) in [5.41, 5.74) is 0.603. The molecule has 0 aromatic heterocycles. The average Bonchev–Trinajstić information content (AvgIpc) is 2.76. The summed E-state index contributed by atoms with van der Waals surface area (Å²) in [6.07, 6.45) is 4.96. The van der Waals surface area contributed by atoms with Gasteiger partial charge in [-0.1, -0.05) is 44.7 Å². The first kappa shape index (κ1) is 17.0. The highest BCUT2D eigenvalue weighted by molar-refractivity contribution is 6.06. The van der Waals surface area contributed by atoms with Crippen molar-refractivity contribution in [1.82, 2.24) is 10.2 Å². The van der Waals surface area contributed by atoms with Crippen molar-refractivity contribution in [2.75, 3.05) is 0 Å². The van der Waals surface area contributed by atoms with Crippen molar-refractivity contribution in [2.24, 2.45) is 0 Å². The minimum atomic E-state index is -0.794. The van der Waals surface area contributed by atoms with Crippen LogP contribution in [-0.2, 0) is 11.3 Å². The van der Waals surface area contributed by atoms with Gasteiger partial charge in [0, 0.05) is 0 Å². The lowest BCUT2D eigenvalue weighted by Gasteiger charge is -2.21. The zero-order chi connectivity index (χ0) is 16.9. The van der Waals surface area contributed by atoms with E-state index in [1.165, 1.54) is 4.90 Å². The van der Waals surface area contributed by atoms with Gasteiger partial charge < -0.3 is 5.32 Å². The second kappa shape index (κ2) is 7.28. The van der Waals surface area contributed by atoms with Crippen LogP contribution in [0, 0.1) is 11.3 Å². The first-order valence-electron chi connectivity index (χ1n) is 8.13. The van der Waals surface area contributed by atoms with E-state index in [4.69, 9.17) is 5.26 Å². The second-order valence-electron chi connectivity index (χ2n) is 6.27. The van der Waals surface area contributed by atoms with Crippen LogP contribution in [-0.4, -0.2) is 22.4 Å². The molecule has 0 spiro atoms. The van der Waals surface area contributed by atoms with Crippen molar-refractivity contribution in [3.05, 3.63) is 35.4 Å². The van der Waals surface area contributed by atoms with Crippen LogP contribution in [0.5, 0.6) is 0 Å². The molecule has 1 aliphatic rings. The predicted molar refractivity (Wildman–Crippen MR) is 87.4 cm³/mol. The molecule has 1 N–H and O–H groups in total. The van der Waals surface area contributed by atoms with Crippen molar-refractivity contribution in [3.8, 4) is 6.07 Å². The summed E-state index contributed by atoms with van der Waals surface area (Å²) >= 11 is 0.